The van der Waals surface area contributed by atoms with Gasteiger partial charge in [0.05, 0.1) is 12.2 Å². The third kappa shape index (κ3) is 2.50. The van der Waals surface area contributed by atoms with Crippen molar-refractivity contribution < 1.29 is 9.18 Å². The Morgan fingerprint density at radius 3 is 2.67 bits per heavy atom. The minimum atomic E-state index is -0.325. The Kier molecular flexibility index (Phi) is 3.39. The maximum Gasteiger partial charge on any atom is 0.252 e. The van der Waals surface area contributed by atoms with Crippen LogP contribution in [0.25, 0.3) is 10.8 Å². The largest absolute Gasteiger partial charge is 0.346 e. The van der Waals surface area contributed by atoms with E-state index in [4.69, 9.17) is 0 Å². The Labute approximate surface area is 121 Å². The number of nitrogens with one attached hydrogen (secondary N) is 1. The quantitative estimate of drug-likeness (QED) is 0.803. The number of hydrogen-bond donors (Lipinski definition) is 1. The standard InChI is InChI=1S/C16H14FN3O/c1-20-11(8-9-19-20)10-18-16(21)14-6-7-15(17)13-5-3-2-4-12(13)14/h2-9H,10H2,1H3,(H,18,21). The van der Waals surface area contributed by atoms with Crippen LogP contribution in [0, 0.1) is 5.82 Å². The average Bonchev–Trinajstić information content (AvgIpc) is 2.91. The average molecular weight is 283 g/mol. The lowest BCUT2D eigenvalue weighted by Gasteiger charge is -2.09. The second kappa shape index (κ2) is 5.36. The van der Waals surface area contributed by atoms with Crippen LogP contribution in [0.3, 0.4) is 0 Å². The number of amides is 1. The van der Waals surface area contributed by atoms with Gasteiger partial charge >= 0.3 is 0 Å². The molecule has 0 radical (unpaired) electrons. The van der Waals surface area contributed by atoms with E-state index < -0.39 is 0 Å². The lowest BCUT2D eigenvalue weighted by atomic mass is 10.0. The molecule has 2 aromatic carbocycles. The van der Waals surface area contributed by atoms with Crippen LogP contribution in [0.1, 0.15) is 16.1 Å². The summed E-state index contributed by atoms with van der Waals surface area (Å²) in [6.45, 7) is 0.376. The number of halogens is 1. The van der Waals surface area contributed by atoms with E-state index in [1.165, 1.54) is 12.1 Å². The molecule has 1 N–H and O–H groups in total. The fraction of sp³-hybridized carbons (Fsp3) is 0.125. The van der Waals surface area contributed by atoms with E-state index in [9.17, 15) is 9.18 Å². The minimum Gasteiger partial charge on any atom is -0.346 e. The predicted octanol–water partition coefficient (Wildman–Crippen LogP) is 2.64. The van der Waals surface area contributed by atoms with E-state index in [0.29, 0.717) is 22.9 Å². The molecule has 0 aliphatic heterocycles. The third-order valence-electron chi connectivity index (χ3n) is 3.47. The van der Waals surface area contributed by atoms with Crippen LogP contribution in [-0.2, 0) is 13.6 Å². The van der Waals surface area contributed by atoms with Crippen LogP contribution in [0.2, 0.25) is 0 Å². The maximum absolute atomic E-state index is 13.7. The van der Waals surface area contributed by atoms with Crippen LogP contribution in [-0.4, -0.2) is 15.7 Å². The number of hydrogen-bond acceptors (Lipinski definition) is 2. The van der Waals surface area contributed by atoms with E-state index in [0.717, 1.165) is 5.69 Å². The zero-order valence-electron chi connectivity index (χ0n) is 11.5. The molecule has 0 bridgehead atoms. The van der Waals surface area contributed by atoms with Crippen LogP contribution >= 0.6 is 0 Å². The molecule has 3 aromatic rings. The van der Waals surface area contributed by atoms with Gasteiger partial charge in [0.25, 0.3) is 5.91 Å². The van der Waals surface area contributed by atoms with Gasteiger partial charge in [0, 0.05) is 24.2 Å². The molecule has 21 heavy (non-hydrogen) atoms. The Morgan fingerprint density at radius 2 is 1.95 bits per heavy atom. The van der Waals surface area contributed by atoms with Gasteiger partial charge in [-0.05, 0) is 23.6 Å². The molecule has 0 spiro atoms. The van der Waals surface area contributed by atoms with Crippen molar-refractivity contribution in [2.45, 2.75) is 6.54 Å². The molecule has 0 aliphatic rings. The van der Waals surface area contributed by atoms with Gasteiger partial charge in [-0.3, -0.25) is 9.48 Å². The van der Waals surface area contributed by atoms with Gasteiger partial charge in [-0.15, -0.1) is 0 Å². The van der Waals surface area contributed by atoms with Crippen LogP contribution in [0.15, 0.2) is 48.7 Å². The van der Waals surface area contributed by atoms with Crippen molar-refractivity contribution in [2.75, 3.05) is 0 Å². The van der Waals surface area contributed by atoms with Crippen molar-refractivity contribution in [3.8, 4) is 0 Å². The van der Waals surface area contributed by atoms with Gasteiger partial charge in [-0.25, -0.2) is 4.39 Å². The number of fused-ring (bicyclic) bond motifs is 1. The van der Waals surface area contributed by atoms with Gasteiger partial charge in [0.2, 0.25) is 0 Å². The van der Waals surface area contributed by atoms with Crippen LogP contribution in [0.4, 0.5) is 4.39 Å². The molecule has 4 nitrogen and oxygen atoms in total. The van der Waals surface area contributed by atoms with E-state index in [2.05, 4.69) is 10.4 Å². The van der Waals surface area contributed by atoms with Crippen molar-refractivity contribution >= 4 is 16.7 Å². The summed E-state index contributed by atoms with van der Waals surface area (Å²) in [4.78, 5) is 12.3. The molecule has 1 amide bonds. The Hall–Kier alpha value is -2.69. The monoisotopic (exact) mass is 283 g/mol. The molecule has 1 heterocycles. The smallest absolute Gasteiger partial charge is 0.252 e. The Morgan fingerprint density at radius 1 is 1.19 bits per heavy atom. The first kappa shape index (κ1) is 13.3. The second-order valence-electron chi connectivity index (χ2n) is 4.77. The third-order valence-corrected chi connectivity index (χ3v) is 3.47. The number of rotatable bonds is 3. The zero-order chi connectivity index (χ0) is 14.8. The normalized spacial score (nSPS) is 10.8. The summed E-state index contributed by atoms with van der Waals surface area (Å²) >= 11 is 0. The highest BCUT2D eigenvalue weighted by Crippen LogP contribution is 2.21. The summed E-state index contributed by atoms with van der Waals surface area (Å²) in [5, 5.41) is 7.94. The van der Waals surface area contributed by atoms with E-state index in [1.807, 2.05) is 13.1 Å². The van der Waals surface area contributed by atoms with Crippen molar-refractivity contribution in [1.82, 2.24) is 15.1 Å². The molecule has 0 unspecified atom stereocenters. The molecular weight excluding hydrogens is 269 g/mol. The number of nitrogens with zero attached hydrogens (tertiary/aromatic N) is 2. The first-order valence-corrected chi connectivity index (χ1v) is 6.59. The highest BCUT2D eigenvalue weighted by molar-refractivity contribution is 6.07. The molecule has 0 saturated heterocycles. The summed E-state index contributed by atoms with van der Waals surface area (Å²) in [6, 6.07) is 11.6. The van der Waals surface area contributed by atoms with E-state index >= 15 is 0 Å². The molecule has 3 rings (SSSR count). The highest BCUT2D eigenvalue weighted by Gasteiger charge is 2.12. The topological polar surface area (TPSA) is 46.9 Å². The molecule has 106 valence electrons. The summed E-state index contributed by atoms with van der Waals surface area (Å²) in [7, 11) is 1.81. The maximum atomic E-state index is 13.7. The predicted molar refractivity (Wildman–Crippen MR) is 78.3 cm³/mol. The van der Waals surface area contributed by atoms with Crippen molar-refractivity contribution in [2.24, 2.45) is 7.05 Å². The first-order chi connectivity index (χ1) is 10.2. The van der Waals surface area contributed by atoms with E-state index in [-0.39, 0.29) is 11.7 Å². The number of carbonyl (C=O) groups is 1. The molecule has 0 fully saturated rings. The SMILES string of the molecule is Cn1nccc1CNC(=O)c1ccc(F)c2ccccc12. The molecule has 0 saturated carbocycles. The Balaban J connectivity index is 1.88. The number of carbonyl (C=O) groups excluding carboxylic acids is 1. The van der Waals surface area contributed by atoms with Crippen molar-refractivity contribution in [3.63, 3.8) is 0 Å². The molecule has 0 atom stereocenters. The lowest BCUT2D eigenvalue weighted by Crippen LogP contribution is -2.24. The van der Waals surface area contributed by atoms with Gasteiger partial charge in [0.15, 0.2) is 0 Å². The molecular formula is C16H14FN3O. The number of benzene rings is 2. The molecule has 1 aromatic heterocycles. The van der Waals surface area contributed by atoms with Gasteiger partial charge < -0.3 is 5.32 Å². The van der Waals surface area contributed by atoms with E-state index in [1.54, 1.807) is 35.1 Å². The zero-order valence-corrected chi connectivity index (χ0v) is 11.5. The van der Waals surface area contributed by atoms with Crippen molar-refractivity contribution in [3.05, 3.63) is 65.7 Å². The minimum absolute atomic E-state index is 0.229. The van der Waals surface area contributed by atoms with Gasteiger partial charge in [-0.1, -0.05) is 24.3 Å². The van der Waals surface area contributed by atoms with Crippen LogP contribution < -0.4 is 5.32 Å². The fourth-order valence-electron chi connectivity index (χ4n) is 2.30. The summed E-state index contributed by atoms with van der Waals surface area (Å²) in [6.07, 6.45) is 1.68. The Bertz CT molecular complexity index is 810. The van der Waals surface area contributed by atoms with Gasteiger partial charge in [0.1, 0.15) is 5.82 Å². The fourth-order valence-corrected chi connectivity index (χ4v) is 2.30. The van der Waals surface area contributed by atoms with Crippen molar-refractivity contribution in [1.29, 1.82) is 0 Å². The number of aryl methyl sites for hydroxylation is 1. The summed E-state index contributed by atoms with van der Waals surface area (Å²) in [5.41, 5.74) is 1.36. The summed E-state index contributed by atoms with van der Waals surface area (Å²) in [5.74, 6) is -0.554. The number of aromatic nitrogens is 2. The molecule has 0 aliphatic carbocycles. The van der Waals surface area contributed by atoms with Crippen LogP contribution in [0.5, 0.6) is 0 Å². The molecule has 5 heteroatoms. The van der Waals surface area contributed by atoms with Gasteiger partial charge in [-0.2, -0.15) is 5.10 Å². The summed E-state index contributed by atoms with van der Waals surface area (Å²) < 4.78 is 15.4. The first-order valence-electron chi connectivity index (χ1n) is 6.59. The second-order valence-corrected chi connectivity index (χ2v) is 4.77. The highest BCUT2D eigenvalue weighted by atomic mass is 19.1. The lowest BCUT2D eigenvalue weighted by molar-refractivity contribution is 0.0951.